The van der Waals surface area contributed by atoms with Crippen LogP contribution in [0.1, 0.15) is 36.2 Å². The minimum atomic E-state index is -0.332. The van der Waals surface area contributed by atoms with Crippen molar-refractivity contribution in [3.63, 3.8) is 0 Å². The van der Waals surface area contributed by atoms with Gasteiger partial charge in [-0.05, 0) is 62.7 Å². The summed E-state index contributed by atoms with van der Waals surface area (Å²) in [6.07, 6.45) is 0.657. The number of carbonyl (C=O) groups excluding carboxylic acids is 1. The van der Waals surface area contributed by atoms with Gasteiger partial charge in [-0.15, -0.1) is 0 Å². The highest BCUT2D eigenvalue weighted by Gasteiger charge is 2.27. The average Bonchev–Trinajstić information content (AvgIpc) is 3.51. The number of benzene rings is 2. The van der Waals surface area contributed by atoms with Gasteiger partial charge in [0, 0.05) is 44.5 Å². The molecule has 1 aliphatic rings. The topological polar surface area (TPSA) is 77.3 Å². The van der Waals surface area contributed by atoms with E-state index in [0.29, 0.717) is 61.3 Å². The van der Waals surface area contributed by atoms with Crippen LogP contribution < -0.4 is 14.4 Å². The van der Waals surface area contributed by atoms with Gasteiger partial charge in [0.1, 0.15) is 11.5 Å². The quantitative estimate of drug-likeness (QED) is 0.365. The molecule has 1 aliphatic heterocycles. The van der Waals surface area contributed by atoms with Crippen molar-refractivity contribution in [3.8, 4) is 22.8 Å². The van der Waals surface area contributed by atoms with Gasteiger partial charge in [0.2, 0.25) is 12.7 Å². The van der Waals surface area contributed by atoms with E-state index in [9.17, 15) is 9.18 Å². The Hall–Kier alpha value is -3.59. The molecular formula is C26H30FN3O5. The second-order valence-electron chi connectivity index (χ2n) is 8.14. The van der Waals surface area contributed by atoms with Crippen molar-refractivity contribution in [2.24, 2.45) is 0 Å². The number of anilines is 1. The van der Waals surface area contributed by atoms with Gasteiger partial charge in [0.05, 0.1) is 12.1 Å². The zero-order chi connectivity index (χ0) is 24.8. The molecule has 2 aromatic carbocycles. The number of hydrogen-bond acceptors (Lipinski definition) is 7. The minimum absolute atomic E-state index is 0.138. The molecular weight excluding hydrogens is 453 g/mol. The van der Waals surface area contributed by atoms with Gasteiger partial charge in [0.25, 0.3) is 5.91 Å². The Morgan fingerprint density at radius 2 is 1.83 bits per heavy atom. The third-order valence-electron chi connectivity index (χ3n) is 5.97. The van der Waals surface area contributed by atoms with E-state index in [2.05, 4.69) is 5.16 Å². The maximum absolute atomic E-state index is 13.7. The van der Waals surface area contributed by atoms with Crippen LogP contribution in [0.25, 0.3) is 11.3 Å². The molecule has 1 aromatic heterocycles. The molecule has 1 amide bonds. The first kappa shape index (κ1) is 24.5. The van der Waals surface area contributed by atoms with Crippen molar-refractivity contribution in [1.82, 2.24) is 10.1 Å². The number of hydrogen-bond donors (Lipinski definition) is 0. The number of rotatable bonds is 11. The fourth-order valence-electron chi connectivity index (χ4n) is 4.09. The summed E-state index contributed by atoms with van der Waals surface area (Å²) in [4.78, 5) is 17.5. The van der Waals surface area contributed by atoms with Crippen molar-refractivity contribution < 1.29 is 27.9 Å². The van der Waals surface area contributed by atoms with Crippen LogP contribution in [-0.4, -0.2) is 56.1 Å². The molecule has 9 heteroatoms. The normalized spacial score (nSPS) is 12.1. The molecule has 0 fully saturated rings. The standard InChI is InChI=1S/C26H30FN3O5/c1-4-29(5-2)26-21(24(28-35-26)18-7-10-20(27)11-8-18)16-30(13-6-14-32-3)25(31)19-9-12-22-23(15-19)34-17-33-22/h7-12,15H,4-6,13-14,16-17H2,1-3H3. The summed E-state index contributed by atoms with van der Waals surface area (Å²) in [5.74, 6) is 1.28. The van der Waals surface area contributed by atoms with Crippen LogP contribution in [0.5, 0.6) is 11.5 Å². The Kier molecular flexibility index (Phi) is 7.87. The van der Waals surface area contributed by atoms with E-state index >= 15 is 0 Å². The third-order valence-corrected chi connectivity index (χ3v) is 5.97. The first-order valence-electron chi connectivity index (χ1n) is 11.7. The first-order valence-corrected chi connectivity index (χ1v) is 11.7. The summed E-state index contributed by atoms with van der Waals surface area (Å²) in [7, 11) is 1.63. The van der Waals surface area contributed by atoms with Crippen molar-refractivity contribution >= 4 is 11.8 Å². The van der Waals surface area contributed by atoms with Crippen molar-refractivity contribution in [2.75, 3.05) is 45.0 Å². The van der Waals surface area contributed by atoms with E-state index < -0.39 is 0 Å². The molecule has 4 rings (SSSR count). The van der Waals surface area contributed by atoms with Gasteiger partial charge in [0.15, 0.2) is 11.5 Å². The zero-order valence-corrected chi connectivity index (χ0v) is 20.3. The lowest BCUT2D eigenvalue weighted by molar-refractivity contribution is 0.0723. The highest BCUT2D eigenvalue weighted by atomic mass is 19.1. The third kappa shape index (κ3) is 5.40. The Morgan fingerprint density at radius 1 is 1.09 bits per heavy atom. The smallest absolute Gasteiger partial charge is 0.254 e. The highest BCUT2D eigenvalue weighted by molar-refractivity contribution is 5.95. The number of amides is 1. The number of fused-ring (bicyclic) bond motifs is 1. The monoisotopic (exact) mass is 483 g/mol. The molecule has 0 bridgehead atoms. The molecule has 0 aliphatic carbocycles. The van der Waals surface area contributed by atoms with Gasteiger partial charge in [-0.3, -0.25) is 4.79 Å². The molecule has 8 nitrogen and oxygen atoms in total. The van der Waals surface area contributed by atoms with E-state index in [1.54, 1.807) is 42.3 Å². The van der Waals surface area contributed by atoms with Crippen molar-refractivity contribution in [1.29, 1.82) is 0 Å². The molecule has 35 heavy (non-hydrogen) atoms. The molecule has 2 heterocycles. The SMILES string of the molecule is CCN(CC)c1onc(-c2ccc(F)cc2)c1CN(CCCOC)C(=O)c1ccc2c(c1)OCO2. The maximum atomic E-state index is 13.7. The molecule has 0 N–H and O–H groups in total. The number of ether oxygens (including phenoxy) is 3. The van der Waals surface area contributed by atoms with Crippen LogP contribution in [0.15, 0.2) is 47.0 Å². The summed E-state index contributed by atoms with van der Waals surface area (Å²) in [5, 5.41) is 4.32. The molecule has 0 atom stereocenters. The summed E-state index contributed by atoms with van der Waals surface area (Å²) >= 11 is 0. The van der Waals surface area contributed by atoms with E-state index in [-0.39, 0.29) is 25.1 Å². The predicted octanol–water partition coefficient (Wildman–Crippen LogP) is 4.73. The predicted molar refractivity (Wildman–Crippen MR) is 129 cm³/mol. The number of halogens is 1. The fraction of sp³-hybridized carbons (Fsp3) is 0.385. The molecule has 0 saturated heterocycles. The Balaban J connectivity index is 1.71. The molecule has 186 valence electrons. The van der Waals surface area contributed by atoms with E-state index in [0.717, 1.165) is 11.1 Å². The van der Waals surface area contributed by atoms with Crippen LogP contribution in [0, 0.1) is 5.82 Å². The number of methoxy groups -OCH3 is 1. The summed E-state index contributed by atoms with van der Waals surface area (Å²) < 4.78 is 35.4. The van der Waals surface area contributed by atoms with Crippen LogP contribution >= 0.6 is 0 Å². The number of aromatic nitrogens is 1. The van der Waals surface area contributed by atoms with Crippen LogP contribution in [-0.2, 0) is 11.3 Å². The molecule has 0 radical (unpaired) electrons. The Labute approximate surface area is 204 Å². The zero-order valence-electron chi connectivity index (χ0n) is 20.3. The number of carbonyl (C=O) groups is 1. The van der Waals surface area contributed by atoms with Crippen LogP contribution in [0.4, 0.5) is 10.3 Å². The van der Waals surface area contributed by atoms with Crippen molar-refractivity contribution in [2.45, 2.75) is 26.8 Å². The van der Waals surface area contributed by atoms with E-state index in [4.69, 9.17) is 18.7 Å². The molecule has 0 spiro atoms. The molecule has 0 saturated carbocycles. The summed E-state index contributed by atoms with van der Waals surface area (Å²) in [6.45, 7) is 6.86. The van der Waals surface area contributed by atoms with Gasteiger partial charge in [-0.2, -0.15) is 0 Å². The summed E-state index contributed by atoms with van der Waals surface area (Å²) in [5.41, 5.74) is 2.57. The number of nitrogens with zero attached hydrogens (tertiary/aromatic N) is 3. The van der Waals surface area contributed by atoms with Gasteiger partial charge < -0.3 is 28.5 Å². The van der Waals surface area contributed by atoms with Crippen molar-refractivity contribution in [3.05, 3.63) is 59.4 Å². The van der Waals surface area contributed by atoms with E-state index in [1.807, 2.05) is 18.7 Å². The first-order chi connectivity index (χ1) is 17.0. The second-order valence-corrected chi connectivity index (χ2v) is 8.14. The van der Waals surface area contributed by atoms with Gasteiger partial charge >= 0.3 is 0 Å². The van der Waals surface area contributed by atoms with Crippen LogP contribution in [0.2, 0.25) is 0 Å². The highest BCUT2D eigenvalue weighted by Crippen LogP contribution is 2.35. The average molecular weight is 484 g/mol. The second kappa shape index (κ2) is 11.2. The lowest BCUT2D eigenvalue weighted by Gasteiger charge is -2.25. The molecule has 0 unspecified atom stereocenters. The molecule has 3 aromatic rings. The lowest BCUT2D eigenvalue weighted by Crippen LogP contribution is -2.33. The fourth-order valence-corrected chi connectivity index (χ4v) is 4.09. The summed E-state index contributed by atoms with van der Waals surface area (Å²) in [6, 6.07) is 11.3. The van der Waals surface area contributed by atoms with E-state index in [1.165, 1.54) is 12.1 Å². The van der Waals surface area contributed by atoms with Crippen LogP contribution in [0.3, 0.4) is 0 Å². The Bertz CT molecular complexity index is 1140. The van der Waals surface area contributed by atoms with Gasteiger partial charge in [-0.1, -0.05) is 5.16 Å². The minimum Gasteiger partial charge on any atom is -0.454 e. The van der Waals surface area contributed by atoms with Gasteiger partial charge in [-0.25, -0.2) is 4.39 Å². The maximum Gasteiger partial charge on any atom is 0.254 e. The Morgan fingerprint density at radius 3 is 2.54 bits per heavy atom. The lowest BCUT2D eigenvalue weighted by atomic mass is 10.1. The largest absolute Gasteiger partial charge is 0.454 e.